The van der Waals surface area contributed by atoms with Crippen LogP contribution in [0.3, 0.4) is 0 Å². The summed E-state index contributed by atoms with van der Waals surface area (Å²) in [5.74, 6) is -0.835. The van der Waals surface area contributed by atoms with Crippen molar-refractivity contribution in [3.63, 3.8) is 0 Å². The van der Waals surface area contributed by atoms with Gasteiger partial charge >= 0.3 is 0 Å². The Balaban J connectivity index is 2.04. The monoisotopic (exact) mass is 405 g/mol. The molecule has 27 heavy (non-hydrogen) atoms. The van der Waals surface area contributed by atoms with E-state index in [9.17, 15) is 9.59 Å². The molecule has 0 saturated carbocycles. The molecular formula is C20H21Cl2N3O2. The molecule has 2 rings (SSSR count). The van der Waals surface area contributed by atoms with Crippen LogP contribution in [0.2, 0.25) is 10.0 Å². The molecule has 2 N–H and O–H groups in total. The minimum absolute atomic E-state index is 0.118. The minimum atomic E-state index is -0.726. The molecule has 0 bridgehead atoms. The van der Waals surface area contributed by atoms with Gasteiger partial charge in [0, 0.05) is 16.1 Å². The highest BCUT2D eigenvalue weighted by atomic mass is 35.5. The molecular weight excluding hydrogens is 385 g/mol. The van der Waals surface area contributed by atoms with E-state index in [1.807, 2.05) is 26.8 Å². The molecule has 2 amide bonds. The largest absolute Gasteiger partial charge is 0.340 e. The highest BCUT2D eigenvalue weighted by Gasteiger charge is 2.24. The SMILES string of the molecule is Cc1cccc(C(=O)N[C@@H](C(=O)N/N=C/c2ccc(Cl)cc2Cl)C(C)C)c1. The minimum Gasteiger partial charge on any atom is -0.340 e. The second-order valence-corrected chi connectivity index (χ2v) is 7.31. The molecule has 0 spiro atoms. The zero-order valence-corrected chi connectivity index (χ0v) is 16.8. The number of aryl methyl sites for hydroxylation is 1. The number of hydrazone groups is 1. The van der Waals surface area contributed by atoms with Crippen LogP contribution in [0.25, 0.3) is 0 Å². The van der Waals surface area contributed by atoms with Crippen LogP contribution in [-0.4, -0.2) is 24.1 Å². The van der Waals surface area contributed by atoms with Gasteiger partial charge in [-0.2, -0.15) is 5.10 Å². The third kappa shape index (κ3) is 6.08. The summed E-state index contributed by atoms with van der Waals surface area (Å²) in [5.41, 5.74) is 4.54. The first-order valence-electron chi connectivity index (χ1n) is 8.43. The highest BCUT2D eigenvalue weighted by Crippen LogP contribution is 2.19. The van der Waals surface area contributed by atoms with E-state index in [1.54, 1.807) is 36.4 Å². The zero-order valence-electron chi connectivity index (χ0n) is 15.3. The number of hydrogen-bond donors (Lipinski definition) is 2. The van der Waals surface area contributed by atoms with E-state index < -0.39 is 11.9 Å². The number of carbonyl (C=O) groups excluding carboxylic acids is 2. The van der Waals surface area contributed by atoms with Crippen molar-refractivity contribution in [2.45, 2.75) is 26.8 Å². The first-order chi connectivity index (χ1) is 12.8. The van der Waals surface area contributed by atoms with Gasteiger partial charge in [0.05, 0.1) is 11.2 Å². The second kappa shape index (κ2) is 9.53. The first-order valence-corrected chi connectivity index (χ1v) is 9.19. The summed E-state index contributed by atoms with van der Waals surface area (Å²) in [6, 6.07) is 11.4. The third-order valence-corrected chi connectivity index (χ3v) is 4.42. The van der Waals surface area contributed by atoms with Crippen molar-refractivity contribution >= 4 is 41.2 Å². The lowest BCUT2D eigenvalue weighted by atomic mass is 10.0. The Labute approximate surface area is 168 Å². The summed E-state index contributed by atoms with van der Waals surface area (Å²) in [7, 11) is 0. The molecule has 0 saturated heterocycles. The Morgan fingerprint density at radius 1 is 1.11 bits per heavy atom. The molecule has 5 nitrogen and oxygen atoms in total. The van der Waals surface area contributed by atoms with E-state index in [2.05, 4.69) is 15.8 Å². The number of benzene rings is 2. The van der Waals surface area contributed by atoms with Crippen LogP contribution in [0.1, 0.15) is 35.3 Å². The number of halogens is 2. The van der Waals surface area contributed by atoms with Gasteiger partial charge in [0.15, 0.2) is 0 Å². The van der Waals surface area contributed by atoms with Gasteiger partial charge in [-0.25, -0.2) is 5.43 Å². The lowest BCUT2D eigenvalue weighted by Crippen LogP contribution is -2.48. The average Bonchev–Trinajstić information content (AvgIpc) is 2.60. The maximum Gasteiger partial charge on any atom is 0.262 e. The highest BCUT2D eigenvalue weighted by molar-refractivity contribution is 6.36. The van der Waals surface area contributed by atoms with Crippen molar-refractivity contribution in [1.29, 1.82) is 0 Å². The average molecular weight is 406 g/mol. The number of nitrogens with zero attached hydrogens (tertiary/aromatic N) is 1. The van der Waals surface area contributed by atoms with Crippen LogP contribution in [0.5, 0.6) is 0 Å². The summed E-state index contributed by atoms with van der Waals surface area (Å²) in [6.07, 6.45) is 1.43. The number of rotatable bonds is 6. The van der Waals surface area contributed by atoms with Gasteiger partial charge in [-0.1, -0.05) is 60.8 Å². The van der Waals surface area contributed by atoms with Crippen LogP contribution < -0.4 is 10.7 Å². The van der Waals surface area contributed by atoms with Crippen molar-refractivity contribution in [2.24, 2.45) is 11.0 Å². The molecule has 0 fully saturated rings. The third-order valence-electron chi connectivity index (χ3n) is 3.86. The normalized spacial score (nSPS) is 12.2. The Hall–Kier alpha value is -2.37. The topological polar surface area (TPSA) is 70.6 Å². The molecule has 0 radical (unpaired) electrons. The Morgan fingerprint density at radius 3 is 2.48 bits per heavy atom. The zero-order chi connectivity index (χ0) is 20.0. The standard InChI is InChI=1S/C20H21Cl2N3O2/c1-12(2)18(24-19(26)14-6-4-5-13(3)9-14)20(27)25-23-11-15-7-8-16(21)10-17(15)22/h4-12,18H,1-3H3,(H,24,26)(H,25,27)/b23-11+/t18-/m1/s1. The van der Waals surface area contributed by atoms with Gasteiger partial charge in [0.1, 0.15) is 6.04 Å². The summed E-state index contributed by atoms with van der Waals surface area (Å²) >= 11 is 11.9. The van der Waals surface area contributed by atoms with Crippen molar-refractivity contribution in [1.82, 2.24) is 10.7 Å². The van der Waals surface area contributed by atoms with E-state index in [-0.39, 0.29) is 11.8 Å². The summed E-state index contributed by atoms with van der Waals surface area (Å²) in [6.45, 7) is 5.60. The fourth-order valence-corrected chi connectivity index (χ4v) is 2.84. The van der Waals surface area contributed by atoms with Gasteiger partial charge in [-0.05, 0) is 37.1 Å². The molecule has 2 aromatic carbocycles. The van der Waals surface area contributed by atoms with Gasteiger partial charge < -0.3 is 5.32 Å². The van der Waals surface area contributed by atoms with Crippen LogP contribution in [-0.2, 0) is 4.79 Å². The van der Waals surface area contributed by atoms with Crippen LogP contribution in [0, 0.1) is 12.8 Å². The smallest absolute Gasteiger partial charge is 0.262 e. The van der Waals surface area contributed by atoms with Gasteiger partial charge in [-0.15, -0.1) is 0 Å². The maximum absolute atomic E-state index is 12.5. The van der Waals surface area contributed by atoms with Crippen LogP contribution in [0.15, 0.2) is 47.6 Å². The van der Waals surface area contributed by atoms with Crippen LogP contribution in [0.4, 0.5) is 0 Å². The molecule has 0 aliphatic heterocycles. The Bertz CT molecular complexity index is 866. The molecule has 142 valence electrons. The number of hydrogen-bond acceptors (Lipinski definition) is 3. The van der Waals surface area contributed by atoms with Crippen molar-refractivity contribution in [3.05, 3.63) is 69.2 Å². The van der Waals surface area contributed by atoms with Gasteiger partial charge in [0.2, 0.25) is 0 Å². The summed E-state index contributed by atoms with van der Waals surface area (Å²) < 4.78 is 0. The van der Waals surface area contributed by atoms with Crippen LogP contribution >= 0.6 is 23.2 Å². The van der Waals surface area contributed by atoms with E-state index >= 15 is 0 Å². The van der Waals surface area contributed by atoms with Crippen molar-refractivity contribution in [2.75, 3.05) is 0 Å². The van der Waals surface area contributed by atoms with Crippen molar-refractivity contribution in [3.8, 4) is 0 Å². The molecule has 0 unspecified atom stereocenters. The molecule has 1 atom stereocenters. The second-order valence-electron chi connectivity index (χ2n) is 6.46. The first kappa shape index (κ1) is 20.9. The predicted molar refractivity (Wildman–Crippen MR) is 109 cm³/mol. The Kier molecular flexibility index (Phi) is 7.39. The quantitative estimate of drug-likeness (QED) is 0.558. The molecule has 7 heteroatoms. The number of nitrogens with one attached hydrogen (secondary N) is 2. The molecule has 0 aliphatic carbocycles. The molecule has 0 aromatic heterocycles. The van der Waals surface area contributed by atoms with Crippen molar-refractivity contribution < 1.29 is 9.59 Å². The lowest BCUT2D eigenvalue weighted by molar-refractivity contribution is -0.123. The molecule has 2 aromatic rings. The van der Waals surface area contributed by atoms with E-state index in [0.29, 0.717) is 21.2 Å². The molecule has 0 heterocycles. The molecule has 0 aliphatic rings. The number of carbonyl (C=O) groups is 2. The van der Waals surface area contributed by atoms with Gasteiger partial charge in [0.25, 0.3) is 11.8 Å². The summed E-state index contributed by atoms with van der Waals surface area (Å²) in [4.78, 5) is 24.9. The number of amides is 2. The predicted octanol–water partition coefficient (Wildman–Crippen LogP) is 4.21. The van der Waals surface area contributed by atoms with E-state index in [1.165, 1.54) is 6.21 Å². The Morgan fingerprint density at radius 2 is 1.85 bits per heavy atom. The summed E-state index contributed by atoms with van der Waals surface area (Å²) in [5, 5.41) is 7.62. The fraction of sp³-hybridized carbons (Fsp3) is 0.250. The van der Waals surface area contributed by atoms with E-state index in [0.717, 1.165) is 5.56 Å². The maximum atomic E-state index is 12.5. The lowest BCUT2D eigenvalue weighted by Gasteiger charge is -2.20. The fourth-order valence-electron chi connectivity index (χ4n) is 2.39. The van der Waals surface area contributed by atoms with E-state index in [4.69, 9.17) is 23.2 Å². The van der Waals surface area contributed by atoms with Gasteiger partial charge in [-0.3, -0.25) is 9.59 Å².